The van der Waals surface area contributed by atoms with Crippen LogP contribution in [-0.4, -0.2) is 5.17 Å². The molecule has 0 aliphatic carbocycles. The molecule has 1 radical (unpaired) electrons. The summed E-state index contributed by atoms with van der Waals surface area (Å²) in [6.45, 7) is 0. The van der Waals surface area contributed by atoms with Crippen LogP contribution in [0.5, 0.6) is 0 Å². The van der Waals surface area contributed by atoms with Gasteiger partial charge in [0.05, 0.1) is 0 Å². The zero-order valence-electron chi connectivity index (χ0n) is 2.06. The molecule has 4 heavy (non-hydrogen) atoms. The normalized spacial score (nSPS) is 6.00. The Balaban J connectivity index is 2.80. The van der Waals surface area contributed by atoms with Gasteiger partial charge in [0.2, 0.25) is 0 Å². The molecule has 0 saturated heterocycles. The van der Waals surface area contributed by atoms with E-state index in [1.165, 1.54) is 0 Å². The number of nitrogens with two attached hydrogens (primary N) is 2. The first-order valence-electron chi connectivity index (χ1n) is 0.781. The van der Waals surface area contributed by atoms with Gasteiger partial charge in [-0.25, -0.2) is 0 Å². The fourth-order valence-electron chi connectivity index (χ4n) is 0. The lowest BCUT2D eigenvalue weighted by Crippen LogP contribution is -2.41. The highest BCUT2D eigenvalue weighted by Crippen LogP contribution is 1.48. The SMILES string of the molecule is NC(=[NH2+])[S]. The molecule has 0 aliphatic rings. The van der Waals surface area contributed by atoms with Crippen molar-refractivity contribution >= 4 is 17.8 Å². The molecule has 0 saturated carbocycles. The standard InChI is InChI=1S/CH3N2S/c2-1(3)4/h(H3,2,3)/p+1. The zero-order valence-corrected chi connectivity index (χ0v) is 2.88. The highest BCUT2D eigenvalue weighted by molar-refractivity contribution is 7.96. The lowest BCUT2D eigenvalue weighted by atomic mass is 11.4. The third-order valence-corrected chi connectivity index (χ3v) is 0. The van der Waals surface area contributed by atoms with Gasteiger partial charge in [-0.2, -0.15) is 0 Å². The second kappa shape index (κ2) is 1.06. The molecule has 0 fully saturated rings. The summed E-state index contributed by atoms with van der Waals surface area (Å²) in [6, 6.07) is 0. The minimum absolute atomic E-state index is 0.000000000000000222. The topological polar surface area (TPSA) is 51.6 Å². The number of hydrogen-bond donors (Lipinski definition) is 2. The van der Waals surface area contributed by atoms with Crippen molar-refractivity contribution in [1.82, 2.24) is 0 Å². The van der Waals surface area contributed by atoms with Gasteiger partial charge in [0, 0.05) is 12.6 Å². The van der Waals surface area contributed by atoms with Crippen LogP contribution >= 0.6 is 12.6 Å². The molecule has 0 amide bonds. The number of hydrogen-bond acceptors (Lipinski definition) is 0. The second-order valence-electron chi connectivity index (χ2n) is 0.402. The monoisotopic (exact) mass is 76.0 g/mol. The first kappa shape index (κ1) is 3.69. The van der Waals surface area contributed by atoms with E-state index in [4.69, 9.17) is 0 Å². The van der Waals surface area contributed by atoms with E-state index < -0.39 is 0 Å². The summed E-state index contributed by atoms with van der Waals surface area (Å²) < 4.78 is 0. The molecule has 0 unspecified atom stereocenters. The van der Waals surface area contributed by atoms with Crippen LogP contribution in [0.3, 0.4) is 0 Å². The molecule has 0 rings (SSSR count). The quantitative estimate of drug-likeness (QED) is 0.261. The average molecular weight is 76.1 g/mol. The highest BCUT2D eigenvalue weighted by atomic mass is 32.1. The maximum Gasteiger partial charge on any atom is 0.332 e. The van der Waals surface area contributed by atoms with Crippen LogP contribution < -0.4 is 11.1 Å². The summed E-state index contributed by atoms with van der Waals surface area (Å²) in [4.78, 5) is 0. The minimum Gasteiger partial charge on any atom is -0.278 e. The summed E-state index contributed by atoms with van der Waals surface area (Å²) in [5.74, 6) is 0. The maximum absolute atomic E-state index is 4.62. The van der Waals surface area contributed by atoms with E-state index in [0.717, 1.165) is 0 Å². The van der Waals surface area contributed by atoms with Gasteiger partial charge in [-0.1, -0.05) is 0 Å². The van der Waals surface area contributed by atoms with Crippen molar-refractivity contribution in [3.05, 3.63) is 0 Å². The predicted molar refractivity (Wildman–Crippen MR) is 18.7 cm³/mol. The van der Waals surface area contributed by atoms with Crippen LogP contribution in [0.2, 0.25) is 0 Å². The molecule has 2 nitrogen and oxygen atoms in total. The first-order valence-corrected chi connectivity index (χ1v) is 1.19. The number of rotatable bonds is 0. The van der Waals surface area contributed by atoms with Crippen LogP contribution in [0.25, 0.3) is 0 Å². The zero-order chi connectivity index (χ0) is 3.58. The first-order chi connectivity index (χ1) is 1.73. The molecular weight excluding hydrogens is 72.1 g/mol. The Morgan fingerprint density at radius 1 is 2.00 bits per heavy atom. The summed E-state index contributed by atoms with van der Waals surface area (Å²) in [5.41, 5.74) is 4.62. The molecule has 23 valence electrons. The largest absolute Gasteiger partial charge is 0.332 e. The molecule has 0 aliphatic heterocycles. The molecule has 3 heteroatoms. The van der Waals surface area contributed by atoms with Gasteiger partial charge in [0.1, 0.15) is 0 Å². The summed E-state index contributed by atoms with van der Waals surface area (Å²) in [5, 5.41) is 4.62. The van der Waals surface area contributed by atoms with Gasteiger partial charge >= 0.3 is 5.17 Å². The summed E-state index contributed by atoms with van der Waals surface area (Å²) in [6.07, 6.45) is 0. The Bertz CT molecular complexity index is 29.0. The van der Waals surface area contributed by atoms with Crippen molar-refractivity contribution in [2.75, 3.05) is 0 Å². The fourth-order valence-corrected chi connectivity index (χ4v) is 0. The smallest absolute Gasteiger partial charge is 0.278 e. The van der Waals surface area contributed by atoms with Gasteiger partial charge < -0.3 is 0 Å². The Kier molecular flexibility index (Phi) is 0.979. The third-order valence-electron chi connectivity index (χ3n) is 0. The summed E-state index contributed by atoms with van der Waals surface area (Å²) >= 11 is 4.09. The van der Waals surface area contributed by atoms with Crippen LogP contribution in [0.1, 0.15) is 0 Å². The van der Waals surface area contributed by atoms with Crippen LogP contribution in [0.15, 0.2) is 0 Å². The number of amidine groups is 1. The van der Waals surface area contributed by atoms with Crippen molar-refractivity contribution in [2.45, 2.75) is 0 Å². The molecule has 0 aromatic heterocycles. The molecule has 0 bridgehead atoms. The molecule has 0 atom stereocenters. The molecule has 0 aromatic carbocycles. The van der Waals surface area contributed by atoms with Crippen molar-refractivity contribution in [1.29, 1.82) is 0 Å². The van der Waals surface area contributed by atoms with E-state index in [2.05, 4.69) is 23.8 Å². The minimum atomic E-state index is 0.000000000000000222. The summed E-state index contributed by atoms with van der Waals surface area (Å²) in [7, 11) is 0. The third kappa shape index (κ3) is 8.37. The van der Waals surface area contributed by atoms with E-state index in [1.54, 1.807) is 0 Å². The van der Waals surface area contributed by atoms with Gasteiger partial charge in [-0.15, -0.1) is 0 Å². The Hall–Kier alpha value is -0.310. The second-order valence-corrected chi connectivity index (χ2v) is 0.874. The Labute approximate surface area is 29.9 Å². The molecule has 0 aromatic rings. The van der Waals surface area contributed by atoms with Crippen LogP contribution in [0, 0.1) is 0 Å². The molecule has 0 spiro atoms. The van der Waals surface area contributed by atoms with Gasteiger partial charge in [0.15, 0.2) is 0 Å². The van der Waals surface area contributed by atoms with Crippen LogP contribution in [-0.2, 0) is 0 Å². The predicted octanol–water partition coefficient (Wildman–Crippen LogP) is -1.74. The van der Waals surface area contributed by atoms with E-state index in [9.17, 15) is 0 Å². The lowest BCUT2D eigenvalue weighted by molar-refractivity contribution is -0.109. The van der Waals surface area contributed by atoms with Gasteiger partial charge in [-0.05, 0) is 0 Å². The lowest BCUT2D eigenvalue weighted by Gasteiger charge is -1.52. The van der Waals surface area contributed by atoms with Crippen molar-refractivity contribution < 1.29 is 5.41 Å². The molecular formula is CH4N2S+. The molecule has 0 heterocycles. The van der Waals surface area contributed by atoms with Crippen molar-refractivity contribution in [2.24, 2.45) is 5.73 Å². The van der Waals surface area contributed by atoms with Crippen LogP contribution in [0.4, 0.5) is 0 Å². The average Bonchev–Trinajstić information content (AvgIpc) is 0.811. The highest BCUT2D eigenvalue weighted by Gasteiger charge is 1.69. The van der Waals surface area contributed by atoms with Gasteiger partial charge in [-0.3, -0.25) is 11.1 Å². The Morgan fingerprint density at radius 3 is 2.00 bits per heavy atom. The Morgan fingerprint density at radius 2 is 2.00 bits per heavy atom. The van der Waals surface area contributed by atoms with Crippen molar-refractivity contribution in [3.63, 3.8) is 0 Å². The van der Waals surface area contributed by atoms with E-state index in [-0.39, 0.29) is 5.17 Å². The van der Waals surface area contributed by atoms with E-state index in [0.29, 0.717) is 0 Å². The maximum atomic E-state index is 4.62. The van der Waals surface area contributed by atoms with E-state index >= 15 is 0 Å². The van der Waals surface area contributed by atoms with Crippen molar-refractivity contribution in [3.8, 4) is 0 Å². The van der Waals surface area contributed by atoms with E-state index in [1.807, 2.05) is 0 Å². The molecule has 4 N–H and O–H groups in total. The van der Waals surface area contributed by atoms with Gasteiger partial charge in [0.25, 0.3) is 0 Å². The fraction of sp³-hybridized carbons (Fsp3) is 0.